The van der Waals surface area contributed by atoms with Crippen LogP contribution in [0.2, 0.25) is 0 Å². The van der Waals surface area contributed by atoms with Crippen LogP contribution in [-0.2, 0) is 11.2 Å². The average molecular weight is 289 g/mol. The average Bonchev–Trinajstić information content (AvgIpc) is 2.54. The van der Waals surface area contributed by atoms with Crippen LogP contribution in [0.1, 0.15) is 23.5 Å². The first-order valence-electron chi connectivity index (χ1n) is 7.53. The van der Waals surface area contributed by atoms with Crippen LogP contribution >= 0.6 is 0 Å². The Morgan fingerprint density at radius 2 is 1.55 bits per heavy atom. The van der Waals surface area contributed by atoms with Crippen LogP contribution in [-0.4, -0.2) is 5.91 Å². The summed E-state index contributed by atoms with van der Waals surface area (Å²) in [6, 6.07) is 24.9. The molecule has 0 aliphatic heterocycles. The van der Waals surface area contributed by atoms with Crippen molar-refractivity contribution in [1.29, 1.82) is 0 Å². The molecular formula is C20H19NO. The number of rotatable bonds is 5. The largest absolute Gasteiger partial charge is 0.370 e. The Morgan fingerprint density at radius 3 is 2.27 bits per heavy atom. The maximum Gasteiger partial charge on any atom is 0.218 e. The van der Waals surface area contributed by atoms with Gasteiger partial charge in [-0.2, -0.15) is 0 Å². The van der Waals surface area contributed by atoms with E-state index in [1.807, 2.05) is 30.3 Å². The number of primary amides is 1. The van der Waals surface area contributed by atoms with Crippen LogP contribution < -0.4 is 5.73 Å². The van der Waals surface area contributed by atoms with Crippen molar-refractivity contribution in [2.24, 2.45) is 5.73 Å². The van der Waals surface area contributed by atoms with Gasteiger partial charge < -0.3 is 5.73 Å². The van der Waals surface area contributed by atoms with Crippen molar-refractivity contribution in [3.8, 4) is 0 Å². The Hall–Kier alpha value is -2.61. The maximum atomic E-state index is 11.4. The van der Waals surface area contributed by atoms with Crippen molar-refractivity contribution < 1.29 is 4.79 Å². The summed E-state index contributed by atoms with van der Waals surface area (Å²) in [5.41, 5.74) is 7.83. The van der Waals surface area contributed by atoms with E-state index in [0.29, 0.717) is 6.42 Å². The summed E-state index contributed by atoms with van der Waals surface area (Å²) in [4.78, 5) is 11.4. The highest BCUT2D eigenvalue weighted by atomic mass is 16.1. The number of benzene rings is 3. The molecule has 0 spiro atoms. The number of carbonyl (C=O) groups is 1. The van der Waals surface area contributed by atoms with Gasteiger partial charge in [-0.3, -0.25) is 4.79 Å². The third kappa shape index (κ3) is 3.34. The molecule has 2 N–H and O–H groups in total. The maximum absolute atomic E-state index is 11.4. The van der Waals surface area contributed by atoms with Crippen LogP contribution in [0.15, 0.2) is 72.8 Å². The molecule has 0 aromatic heterocycles. The smallest absolute Gasteiger partial charge is 0.218 e. The summed E-state index contributed by atoms with van der Waals surface area (Å²) in [5.74, 6) is -0.130. The van der Waals surface area contributed by atoms with Gasteiger partial charge in [-0.15, -0.1) is 0 Å². The molecule has 1 amide bonds. The Kier molecular flexibility index (Phi) is 4.19. The Bertz CT molecular complexity index is 780. The Balaban J connectivity index is 1.89. The molecule has 22 heavy (non-hydrogen) atoms. The SMILES string of the molecule is NC(=O)CC(Cc1ccc2ccccc2c1)c1ccccc1. The van der Waals surface area contributed by atoms with E-state index in [9.17, 15) is 4.79 Å². The van der Waals surface area contributed by atoms with Gasteiger partial charge in [-0.1, -0.05) is 72.8 Å². The van der Waals surface area contributed by atoms with Crippen LogP contribution in [0, 0.1) is 0 Å². The van der Waals surface area contributed by atoms with E-state index in [-0.39, 0.29) is 11.8 Å². The van der Waals surface area contributed by atoms with Gasteiger partial charge in [0.2, 0.25) is 5.91 Å². The number of carbonyl (C=O) groups excluding carboxylic acids is 1. The number of nitrogens with two attached hydrogens (primary N) is 1. The van der Waals surface area contributed by atoms with Crippen molar-refractivity contribution in [1.82, 2.24) is 0 Å². The van der Waals surface area contributed by atoms with Gasteiger partial charge in [-0.05, 0) is 34.2 Å². The fraction of sp³-hybridized carbons (Fsp3) is 0.150. The second kappa shape index (κ2) is 6.44. The lowest BCUT2D eigenvalue weighted by Gasteiger charge is -2.16. The molecule has 2 heteroatoms. The zero-order valence-electron chi connectivity index (χ0n) is 12.4. The van der Waals surface area contributed by atoms with Gasteiger partial charge in [0.15, 0.2) is 0 Å². The minimum absolute atomic E-state index is 0.125. The summed E-state index contributed by atoms with van der Waals surface area (Å²) in [6.45, 7) is 0. The number of amides is 1. The number of fused-ring (bicyclic) bond motifs is 1. The molecule has 3 aromatic rings. The Labute approximate surface area is 130 Å². The molecule has 1 unspecified atom stereocenters. The zero-order valence-corrected chi connectivity index (χ0v) is 12.4. The van der Waals surface area contributed by atoms with Crippen molar-refractivity contribution in [3.05, 3.63) is 83.9 Å². The predicted molar refractivity (Wildman–Crippen MR) is 90.6 cm³/mol. The van der Waals surface area contributed by atoms with Gasteiger partial charge in [0, 0.05) is 6.42 Å². The highest BCUT2D eigenvalue weighted by molar-refractivity contribution is 5.83. The van der Waals surface area contributed by atoms with Crippen LogP contribution in [0.5, 0.6) is 0 Å². The fourth-order valence-electron chi connectivity index (χ4n) is 2.93. The minimum Gasteiger partial charge on any atom is -0.370 e. The van der Waals surface area contributed by atoms with Crippen molar-refractivity contribution in [2.75, 3.05) is 0 Å². The molecule has 0 bridgehead atoms. The van der Waals surface area contributed by atoms with E-state index in [1.54, 1.807) is 0 Å². The first-order chi connectivity index (χ1) is 10.7. The summed E-state index contributed by atoms with van der Waals surface area (Å²) < 4.78 is 0. The molecule has 0 saturated carbocycles. The fourth-order valence-corrected chi connectivity index (χ4v) is 2.93. The molecule has 1 atom stereocenters. The van der Waals surface area contributed by atoms with Crippen LogP contribution in [0.25, 0.3) is 10.8 Å². The predicted octanol–water partition coefficient (Wildman–Crippen LogP) is 4.04. The summed E-state index contributed by atoms with van der Waals surface area (Å²) in [5, 5.41) is 2.46. The van der Waals surface area contributed by atoms with Gasteiger partial charge >= 0.3 is 0 Å². The molecule has 0 saturated heterocycles. The van der Waals surface area contributed by atoms with E-state index in [2.05, 4.69) is 42.5 Å². The molecule has 0 radical (unpaired) electrons. The van der Waals surface area contributed by atoms with Crippen LogP contribution in [0.3, 0.4) is 0 Å². The molecule has 0 heterocycles. The standard InChI is InChI=1S/C20H19NO/c21-20(22)14-19(16-6-2-1-3-7-16)13-15-10-11-17-8-4-5-9-18(17)12-15/h1-12,19H,13-14H2,(H2,21,22). The second-order valence-electron chi connectivity index (χ2n) is 5.66. The monoisotopic (exact) mass is 289 g/mol. The summed E-state index contributed by atoms with van der Waals surface area (Å²) >= 11 is 0. The molecule has 2 nitrogen and oxygen atoms in total. The van der Waals surface area contributed by atoms with Gasteiger partial charge in [0.25, 0.3) is 0 Å². The minimum atomic E-state index is -0.255. The molecule has 110 valence electrons. The first-order valence-corrected chi connectivity index (χ1v) is 7.53. The first kappa shape index (κ1) is 14.3. The van der Waals surface area contributed by atoms with Gasteiger partial charge in [0.1, 0.15) is 0 Å². The topological polar surface area (TPSA) is 43.1 Å². The lowest BCUT2D eigenvalue weighted by molar-refractivity contribution is -0.118. The zero-order chi connectivity index (χ0) is 15.4. The van der Waals surface area contributed by atoms with E-state index in [0.717, 1.165) is 12.0 Å². The van der Waals surface area contributed by atoms with Gasteiger partial charge in [0.05, 0.1) is 0 Å². The summed E-state index contributed by atoms with van der Waals surface area (Å²) in [6.07, 6.45) is 1.19. The van der Waals surface area contributed by atoms with E-state index in [1.165, 1.54) is 16.3 Å². The van der Waals surface area contributed by atoms with E-state index in [4.69, 9.17) is 5.73 Å². The highest BCUT2D eigenvalue weighted by Crippen LogP contribution is 2.26. The lowest BCUT2D eigenvalue weighted by Crippen LogP contribution is -2.16. The molecule has 0 fully saturated rings. The number of hydrogen-bond donors (Lipinski definition) is 1. The van der Waals surface area contributed by atoms with Crippen molar-refractivity contribution in [2.45, 2.75) is 18.8 Å². The van der Waals surface area contributed by atoms with Crippen molar-refractivity contribution >= 4 is 16.7 Å². The normalized spacial score (nSPS) is 12.2. The van der Waals surface area contributed by atoms with E-state index < -0.39 is 0 Å². The highest BCUT2D eigenvalue weighted by Gasteiger charge is 2.15. The van der Waals surface area contributed by atoms with Crippen molar-refractivity contribution in [3.63, 3.8) is 0 Å². The van der Waals surface area contributed by atoms with Crippen LogP contribution in [0.4, 0.5) is 0 Å². The molecule has 3 rings (SSSR count). The van der Waals surface area contributed by atoms with Gasteiger partial charge in [-0.25, -0.2) is 0 Å². The Morgan fingerprint density at radius 1 is 0.864 bits per heavy atom. The molecule has 0 aliphatic rings. The molecule has 3 aromatic carbocycles. The summed E-state index contributed by atoms with van der Waals surface area (Å²) in [7, 11) is 0. The van der Waals surface area contributed by atoms with E-state index >= 15 is 0 Å². The lowest BCUT2D eigenvalue weighted by atomic mass is 9.88. The quantitative estimate of drug-likeness (QED) is 0.756. The number of hydrogen-bond acceptors (Lipinski definition) is 1. The molecule has 0 aliphatic carbocycles. The molecular weight excluding hydrogens is 270 g/mol. The second-order valence-corrected chi connectivity index (χ2v) is 5.66. The third-order valence-corrected chi connectivity index (χ3v) is 4.01. The third-order valence-electron chi connectivity index (χ3n) is 4.01.